The van der Waals surface area contributed by atoms with E-state index in [1.54, 1.807) is 0 Å². The van der Waals surface area contributed by atoms with E-state index in [0.717, 1.165) is 42.7 Å². The van der Waals surface area contributed by atoms with E-state index in [-0.39, 0.29) is 11.9 Å². The molecule has 38 heavy (non-hydrogen) atoms. The van der Waals surface area contributed by atoms with Crippen molar-refractivity contribution >= 4 is 22.9 Å². The molecule has 1 aliphatic heterocycles. The number of H-pyrrole nitrogens is 1. The first-order valence-corrected chi connectivity index (χ1v) is 14.9. The lowest BCUT2D eigenvalue weighted by molar-refractivity contribution is 0.266. The lowest BCUT2D eigenvalue weighted by Crippen LogP contribution is -2.33. The van der Waals surface area contributed by atoms with Crippen molar-refractivity contribution in [3.63, 3.8) is 0 Å². The third-order valence-electron chi connectivity index (χ3n) is 9.29. The number of aromatic nitrogens is 6. The second-order valence-corrected chi connectivity index (χ2v) is 12.1. The number of anilines is 2. The Kier molecular flexibility index (Phi) is 7.14. The summed E-state index contributed by atoms with van der Waals surface area (Å²) in [5, 5.41) is 7.63. The van der Waals surface area contributed by atoms with Gasteiger partial charge in [-0.2, -0.15) is 4.98 Å². The lowest BCUT2D eigenvalue weighted by Gasteiger charge is -2.33. The van der Waals surface area contributed by atoms with E-state index in [9.17, 15) is 4.79 Å². The van der Waals surface area contributed by atoms with E-state index in [2.05, 4.69) is 45.7 Å². The predicted molar refractivity (Wildman–Crippen MR) is 148 cm³/mol. The van der Waals surface area contributed by atoms with E-state index in [4.69, 9.17) is 19.5 Å². The molecule has 0 spiro atoms. The molecule has 2 atom stereocenters. The van der Waals surface area contributed by atoms with Gasteiger partial charge in [-0.15, -0.1) is 0 Å². The Hall–Kier alpha value is -2.91. The second-order valence-electron chi connectivity index (χ2n) is 12.1. The van der Waals surface area contributed by atoms with Gasteiger partial charge in [0, 0.05) is 25.2 Å². The minimum absolute atomic E-state index is 0.235. The first-order valence-electron chi connectivity index (χ1n) is 14.9. The van der Waals surface area contributed by atoms with Crippen LogP contribution < -0.4 is 16.0 Å². The number of nitrogens with one attached hydrogen (secondary N) is 2. The molecule has 0 radical (unpaired) electrons. The Morgan fingerprint density at radius 2 is 1.89 bits per heavy atom. The third kappa shape index (κ3) is 4.94. The summed E-state index contributed by atoms with van der Waals surface area (Å²) in [7, 11) is 0. The van der Waals surface area contributed by atoms with Gasteiger partial charge in [-0.25, -0.2) is 14.8 Å². The molecule has 10 nitrogen and oxygen atoms in total. The molecule has 4 heterocycles. The van der Waals surface area contributed by atoms with Crippen LogP contribution in [0.3, 0.4) is 0 Å². The fourth-order valence-corrected chi connectivity index (χ4v) is 6.73. The van der Waals surface area contributed by atoms with Crippen LogP contribution in [0, 0.1) is 17.8 Å². The van der Waals surface area contributed by atoms with Crippen LogP contribution >= 0.6 is 0 Å². The van der Waals surface area contributed by atoms with E-state index in [0.29, 0.717) is 29.3 Å². The number of rotatable bonds is 9. The Morgan fingerprint density at radius 3 is 2.58 bits per heavy atom. The molecule has 2 saturated carbocycles. The molecular formula is C28H42N8O2. The molecule has 3 fully saturated rings. The number of aromatic amines is 1. The maximum atomic E-state index is 11.7. The Bertz CT molecular complexity index is 1300. The Labute approximate surface area is 224 Å². The zero-order chi connectivity index (χ0) is 26.2. The highest BCUT2D eigenvalue weighted by Crippen LogP contribution is 2.38. The Balaban J connectivity index is 1.48. The van der Waals surface area contributed by atoms with E-state index in [1.807, 2.05) is 0 Å². The van der Waals surface area contributed by atoms with Crippen LogP contribution in [-0.2, 0) is 6.54 Å². The number of imidazole rings is 1. The molecule has 0 aromatic carbocycles. The fraction of sp³-hybridized carbons (Fsp3) is 0.750. The van der Waals surface area contributed by atoms with Crippen LogP contribution in [0.15, 0.2) is 9.32 Å². The molecule has 3 aromatic rings. The van der Waals surface area contributed by atoms with E-state index >= 15 is 0 Å². The summed E-state index contributed by atoms with van der Waals surface area (Å²) in [4.78, 5) is 31.8. The lowest BCUT2D eigenvalue weighted by atomic mass is 9.80. The molecule has 2 aliphatic carbocycles. The minimum Gasteiger partial charge on any atom is -0.365 e. The monoisotopic (exact) mass is 522 g/mol. The van der Waals surface area contributed by atoms with Gasteiger partial charge in [-0.3, -0.25) is 9.51 Å². The van der Waals surface area contributed by atoms with Gasteiger partial charge in [0.15, 0.2) is 11.5 Å². The van der Waals surface area contributed by atoms with Gasteiger partial charge < -0.3 is 14.8 Å². The van der Waals surface area contributed by atoms with E-state index < -0.39 is 5.76 Å². The smallest absolute Gasteiger partial charge is 0.365 e. The second kappa shape index (κ2) is 10.7. The number of hydrogen-bond donors (Lipinski definition) is 2. The van der Waals surface area contributed by atoms with Gasteiger partial charge in [0.05, 0.1) is 0 Å². The van der Waals surface area contributed by atoms with Crippen LogP contribution in [-0.4, -0.2) is 48.3 Å². The SMILES string of the molecule is CCCC1CCCN1c1nc2nc(-c3noc(=O)[nH]3)nc(N[C@H](C)C3CCC3)c2n1CC1CCC(C)CC1. The molecule has 2 N–H and O–H groups in total. The molecule has 206 valence electrons. The molecule has 3 aromatic heterocycles. The number of nitrogens with zero attached hydrogens (tertiary/aromatic N) is 6. The number of hydrogen-bond acceptors (Lipinski definition) is 8. The summed E-state index contributed by atoms with van der Waals surface area (Å²) in [6, 6.07) is 0.791. The van der Waals surface area contributed by atoms with Crippen LogP contribution in [0.5, 0.6) is 0 Å². The fourth-order valence-electron chi connectivity index (χ4n) is 6.73. The van der Waals surface area contributed by atoms with Crippen LogP contribution in [0.2, 0.25) is 0 Å². The van der Waals surface area contributed by atoms with Crippen molar-refractivity contribution in [1.29, 1.82) is 0 Å². The highest BCUT2D eigenvalue weighted by Gasteiger charge is 2.33. The normalized spacial score (nSPS) is 25.1. The molecule has 0 bridgehead atoms. The largest absolute Gasteiger partial charge is 0.439 e. The van der Waals surface area contributed by atoms with Gasteiger partial charge in [-0.05, 0) is 69.6 Å². The van der Waals surface area contributed by atoms with Crippen molar-refractivity contribution in [2.75, 3.05) is 16.8 Å². The first-order chi connectivity index (χ1) is 18.5. The van der Waals surface area contributed by atoms with E-state index in [1.165, 1.54) is 64.2 Å². The molecule has 10 heteroatoms. The van der Waals surface area contributed by atoms with Crippen LogP contribution in [0.1, 0.15) is 91.4 Å². The summed E-state index contributed by atoms with van der Waals surface area (Å²) in [6.07, 6.45) is 13.6. The molecule has 1 unspecified atom stereocenters. The average molecular weight is 523 g/mol. The summed E-state index contributed by atoms with van der Waals surface area (Å²) >= 11 is 0. The minimum atomic E-state index is -0.613. The quantitative estimate of drug-likeness (QED) is 0.385. The van der Waals surface area contributed by atoms with Crippen LogP contribution in [0.25, 0.3) is 22.8 Å². The summed E-state index contributed by atoms with van der Waals surface area (Å²) in [5.74, 6) is 3.83. The average Bonchev–Trinajstić information content (AvgIpc) is 3.58. The van der Waals surface area contributed by atoms with Crippen molar-refractivity contribution in [1.82, 2.24) is 29.7 Å². The zero-order valence-corrected chi connectivity index (χ0v) is 23.1. The van der Waals surface area contributed by atoms with Gasteiger partial charge in [0.25, 0.3) is 0 Å². The highest BCUT2D eigenvalue weighted by molar-refractivity contribution is 5.87. The standard InChI is InChI=1S/C28H42N8O2/c1-4-7-21-10-6-15-35(21)27-32-24-22(36(27)16-19-13-11-17(2)12-14-19)23(29-18(3)20-8-5-9-20)30-25(31-24)26-33-28(37)38-34-26/h17-21H,4-16H2,1-3H3,(H,29,30,31)(H,33,34,37)/t17?,18-,19?,21?/m1/s1. The molecule has 3 aliphatic rings. The molecule has 1 saturated heterocycles. The van der Waals surface area contributed by atoms with Crippen molar-refractivity contribution in [2.45, 2.75) is 110 Å². The topological polar surface area (TPSA) is 118 Å². The maximum Gasteiger partial charge on any atom is 0.439 e. The summed E-state index contributed by atoms with van der Waals surface area (Å²) < 4.78 is 7.21. The maximum absolute atomic E-state index is 11.7. The zero-order valence-electron chi connectivity index (χ0n) is 23.1. The Morgan fingerprint density at radius 1 is 1.08 bits per heavy atom. The predicted octanol–water partition coefficient (Wildman–Crippen LogP) is 5.37. The van der Waals surface area contributed by atoms with Crippen molar-refractivity contribution in [3.05, 3.63) is 10.6 Å². The molecule has 6 rings (SSSR count). The van der Waals surface area contributed by atoms with Crippen molar-refractivity contribution < 1.29 is 4.52 Å². The van der Waals surface area contributed by atoms with Gasteiger partial charge in [0.1, 0.15) is 5.52 Å². The van der Waals surface area contributed by atoms with Crippen molar-refractivity contribution in [2.24, 2.45) is 17.8 Å². The molecule has 0 amide bonds. The van der Waals surface area contributed by atoms with Gasteiger partial charge >= 0.3 is 5.76 Å². The highest BCUT2D eigenvalue weighted by atomic mass is 16.5. The van der Waals surface area contributed by atoms with Gasteiger partial charge in [0.2, 0.25) is 17.6 Å². The summed E-state index contributed by atoms with van der Waals surface area (Å²) in [6.45, 7) is 8.85. The first kappa shape index (κ1) is 25.4. The number of fused-ring (bicyclic) bond motifs is 1. The van der Waals surface area contributed by atoms with Crippen molar-refractivity contribution in [3.8, 4) is 11.6 Å². The third-order valence-corrected chi connectivity index (χ3v) is 9.29. The van der Waals surface area contributed by atoms with Crippen LogP contribution in [0.4, 0.5) is 11.8 Å². The summed E-state index contributed by atoms with van der Waals surface area (Å²) in [5.41, 5.74) is 1.63. The van der Waals surface area contributed by atoms with Gasteiger partial charge in [-0.1, -0.05) is 44.7 Å². The molecular weight excluding hydrogens is 480 g/mol.